The van der Waals surface area contributed by atoms with Crippen LogP contribution in [0.25, 0.3) is 5.57 Å². The first-order valence-electron chi connectivity index (χ1n) is 13.2. The highest BCUT2D eigenvalue weighted by Gasteiger charge is 2.33. The van der Waals surface area contributed by atoms with Gasteiger partial charge in [0, 0.05) is 48.4 Å². The van der Waals surface area contributed by atoms with Crippen LogP contribution in [0.1, 0.15) is 49.8 Å². The maximum absolute atomic E-state index is 11.2. The Morgan fingerprint density at radius 3 is 2.61 bits per heavy atom. The summed E-state index contributed by atoms with van der Waals surface area (Å²) < 4.78 is 12.4. The molecule has 200 valence electrons. The Hall–Kier alpha value is -2.90. The highest BCUT2D eigenvalue weighted by molar-refractivity contribution is 6.30. The van der Waals surface area contributed by atoms with E-state index in [0.29, 0.717) is 35.9 Å². The number of hydrogen-bond acceptors (Lipinski definition) is 6. The van der Waals surface area contributed by atoms with Crippen molar-refractivity contribution >= 4 is 17.2 Å². The molecule has 0 unspecified atom stereocenters. The SMILES string of the molecule is CC(C)(CO)Oc1cccc2c1C/C(=C/CCN1CCC(O)(c3ccc(Cl)cc3)CC1)c1cccnc1O2. The van der Waals surface area contributed by atoms with Crippen LogP contribution in [0.5, 0.6) is 17.4 Å². The molecule has 0 amide bonds. The third-order valence-electron chi connectivity index (χ3n) is 7.45. The van der Waals surface area contributed by atoms with E-state index in [4.69, 9.17) is 21.1 Å². The van der Waals surface area contributed by atoms with E-state index in [1.165, 1.54) is 0 Å². The molecule has 1 saturated heterocycles. The lowest BCUT2D eigenvalue weighted by atomic mass is 9.84. The third-order valence-corrected chi connectivity index (χ3v) is 7.70. The van der Waals surface area contributed by atoms with Crippen molar-refractivity contribution in [1.29, 1.82) is 0 Å². The van der Waals surface area contributed by atoms with Crippen molar-refractivity contribution in [3.05, 3.63) is 88.6 Å². The predicted octanol–water partition coefficient (Wildman–Crippen LogP) is 5.99. The monoisotopic (exact) mass is 534 g/mol. The van der Waals surface area contributed by atoms with Crippen LogP contribution < -0.4 is 9.47 Å². The molecule has 7 heteroatoms. The van der Waals surface area contributed by atoms with Crippen molar-refractivity contribution in [1.82, 2.24) is 9.88 Å². The van der Waals surface area contributed by atoms with Crippen LogP contribution in [0.4, 0.5) is 0 Å². The number of pyridine rings is 1. The molecule has 0 spiro atoms. The van der Waals surface area contributed by atoms with Gasteiger partial charge in [0.2, 0.25) is 5.88 Å². The Morgan fingerprint density at radius 2 is 1.87 bits per heavy atom. The molecule has 2 aliphatic heterocycles. The quantitative estimate of drug-likeness (QED) is 0.388. The highest BCUT2D eigenvalue weighted by atomic mass is 35.5. The molecule has 1 aromatic heterocycles. The van der Waals surface area contributed by atoms with Gasteiger partial charge >= 0.3 is 0 Å². The lowest BCUT2D eigenvalue weighted by Gasteiger charge is -2.38. The fraction of sp³-hybridized carbons (Fsp3) is 0.387. The molecule has 2 aliphatic rings. The van der Waals surface area contributed by atoms with Crippen LogP contribution in [-0.4, -0.2) is 51.9 Å². The van der Waals surface area contributed by atoms with E-state index in [0.717, 1.165) is 54.1 Å². The zero-order valence-corrected chi connectivity index (χ0v) is 22.7. The van der Waals surface area contributed by atoms with E-state index in [1.807, 2.05) is 68.4 Å². The zero-order valence-electron chi connectivity index (χ0n) is 22.0. The van der Waals surface area contributed by atoms with Crippen molar-refractivity contribution in [3.63, 3.8) is 0 Å². The minimum Gasteiger partial charge on any atom is -0.485 e. The summed E-state index contributed by atoms with van der Waals surface area (Å²) in [5.74, 6) is 2.01. The number of allylic oxidation sites excluding steroid dienone is 1. The van der Waals surface area contributed by atoms with E-state index < -0.39 is 11.2 Å². The molecule has 0 radical (unpaired) electrons. The number of aromatic nitrogens is 1. The predicted molar refractivity (Wildman–Crippen MR) is 150 cm³/mol. The lowest BCUT2D eigenvalue weighted by Crippen LogP contribution is -2.42. The number of fused-ring (bicyclic) bond motifs is 2. The zero-order chi connectivity index (χ0) is 26.8. The van der Waals surface area contributed by atoms with E-state index in [2.05, 4.69) is 16.0 Å². The van der Waals surface area contributed by atoms with Crippen LogP contribution in [-0.2, 0) is 12.0 Å². The van der Waals surface area contributed by atoms with E-state index >= 15 is 0 Å². The summed E-state index contributed by atoms with van der Waals surface area (Å²) in [5.41, 5.74) is 2.49. The molecule has 2 N–H and O–H groups in total. The summed E-state index contributed by atoms with van der Waals surface area (Å²) in [6, 6.07) is 17.3. The highest BCUT2D eigenvalue weighted by Crippen LogP contribution is 2.42. The second kappa shape index (κ2) is 11.1. The molecule has 2 aromatic carbocycles. The molecular formula is C31H35ClN2O4. The van der Waals surface area contributed by atoms with Crippen molar-refractivity contribution < 1.29 is 19.7 Å². The molecule has 3 heterocycles. The molecule has 0 atom stereocenters. The molecule has 5 rings (SSSR count). The first-order valence-corrected chi connectivity index (χ1v) is 13.6. The van der Waals surface area contributed by atoms with E-state index in [1.54, 1.807) is 6.20 Å². The Bertz CT molecular complexity index is 1300. The maximum atomic E-state index is 11.2. The maximum Gasteiger partial charge on any atom is 0.226 e. The van der Waals surface area contributed by atoms with Crippen LogP contribution in [0, 0.1) is 0 Å². The van der Waals surface area contributed by atoms with Gasteiger partial charge in [0.1, 0.15) is 17.1 Å². The normalized spacial score (nSPS) is 18.3. The standard InChI is InChI=1S/C31H35ClN2O4/c1-30(2,21-35)38-28-9-3-8-27-26(28)20-22(25-7-4-16-33-29(25)37-27)6-5-17-34-18-14-31(36,15-19-34)23-10-12-24(32)13-11-23/h3-4,6-13,16,35-36H,5,14-15,17-21H2,1-2H3/b22-6-. The van der Waals surface area contributed by atoms with Crippen molar-refractivity contribution in [2.75, 3.05) is 26.2 Å². The largest absolute Gasteiger partial charge is 0.485 e. The molecule has 0 saturated carbocycles. The minimum absolute atomic E-state index is 0.0923. The third kappa shape index (κ3) is 5.89. The van der Waals surface area contributed by atoms with Gasteiger partial charge in [-0.05, 0) is 80.6 Å². The van der Waals surface area contributed by atoms with Gasteiger partial charge < -0.3 is 24.6 Å². The van der Waals surface area contributed by atoms with Crippen LogP contribution in [0.15, 0.2) is 66.9 Å². The number of halogens is 1. The van der Waals surface area contributed by atoms with Crippen LogP contribution >= 0.6 is 11.6 Å². The summed E-state index contributed by atoms with van der Waals surface area (Å²) in [7, 11) is 0. The van der Waals surface area contributed by atoms with Gasteiger partial charge in [-0.2, -0.15) is 0 Å². The topological polar surface area (TPSA) is 75.1 Å². The summed E-state index contributed by atoms with van der Waals surface area (Å²) in [6.07, 6.45) is 6.91. The van der Waals surface area contributed by atoms with Gasteiger partial charge in [-0.1, -0.05) is 35.9 Å². The second-order valence-electron chi connectivity index (χ2n) is 10.8. The van der Waals surface area contributed by atoms with Crippen LogP contribution in [0.2, 0.25) is 5.02 Å². The molecule has 3 aromatic rings. The number of piperidine rings is 1. The van der Waals surface area contributed by atoms with Crippen molar-refractivity contribution in [2.45, 2.75) is 50.7 Å². The van der Waals surface area contributed by atoms with Crippen LogP contribution in [0.3, 0.4) is 0 Å². The van der Waals surface area contributed by atoms with Crippen molar-refractivity contribution in [3.8, 4) is 17.4 Å². The summed E-state index contributed by atoms with van der Waals surface area (Å²) >= 11 is 6.03. The Morgan fingerprint density at radius 1 is 1.11 bits per heavy atom. The molecule has 0 aliphatic carbocycles. The Balaban J connectivity index is 1.31. The number of benzene rings is 2. The fourth-order valence-electron chi connectivity index (χ4n) is 5.15. The van der Waals surface area contributed by atoms with E-state index in [9.17, 15) is 10.2 Å². The first kappa shape index (κ1) is 26.7. The summed E-state index contributed by atoms with van der Waals surface area (Å²) in [4.78, 5) is 6.91. The number of ether oxygens (including phenoxy) is 2. The van der Waals surface area contributed by atoms with E-state index in [-0.39, 0.29) is 6.61 Å². The lowest BCUT2D eigenvalue weighted by molar-refractivity contribution is -0.0254. The van der Waals surface area contributed by atoms with Gasteiger partial charge in [0.05, 0.1) is 12.2 Å². The average Bonchev–Trinajstić information content (AvgIpc) is 3.07. The minimum atomic E-state index is -0.800. The number of aliphatic hydroxyl groups excluding tert-OH is 1. The van der Waals surface area contributed by atoms with Gasteiger partial charge in [-0.25, -0.2) is 4.98 Å². The smallest absolute Gasteiger partial charge is 0.226 e. The number of rotatable bonds is 7. The second-order valence-corrected chi connectivity index (χ2v) is 11.2. The van der Waals surface area contributed by atoms with Gasteiger partial charge in [-0.15, -0.1) is 0 Å². The summed E-state index contributed by atoms with van der Waals surface area (Å²) in [6.45, 7) is 6.21. The first-order chi connectivity index (χ1) is 18.3. The summed E-state index contributed by atoms with van der Waals surface area (Å²) in [5, 5.41) is 21.6. The number of likely N-dealkylation sites (tertiary alicyclic amines) is 1. The number of nitrogens with zero attached hydrogens (tertiary/aromatic N) is 2. The molecule has 38 heavy (non-hydrogen) atoms. The molecular weight excluding hydrogens is 500 g/mol. The Kier molecular flexibility index (Phi) is 7.78. The molecule has 6 nitrogen and oxygen atoms in total. The number of aliphatic hydroxyl groups is 2. The van der Waals surface area contributed by atoms with Gasteiger partial charge in [0.15, 0.2) is 0 Å². The van der Waals surface area contributed by atoms with Gasteiger partial charge in [0.25, 0.3) is 0 Å². The molecule has 0 bridgehead atoms. The van der Waals surface area contributed by atoms with Crippen molar-refractivity contribution in [2.24, 2.45) is 0 Å². The Labute approximate surface area is 229 Å². The van der Waals surface area contributed by atoms with Gasteiger partial charge in [-0.3, -0.25) is 0 Å². The fourth-order valence-corrected chi connectivity index (χ4v) is 5.27. The number of hydrogen-bond donors (Lipinski definition) is 2. The molecule has 1 fully saturated rings. The average molecular weight is 535 g/mol.